The summed E-state index contributed by atoms with van der Waals surface area (Å²) in [7, 11) is 0. The third-order valence-corrected chi connectivity index (χ3v) is 6.40. The monoisotopic (exact) mass is 580 g/mol. The molecule has 3 rings (SSSR count). The molecule has 1 N–H and O–H groups in total. The summed E-state index contributed by atoms with van der Waals surface area (Å²) in [6, 6.07) is 5.56. The molecular formula is C30H45FN2O8. The van der Waals surface area contributed by atoms with Gasteiger partial charge in [0.15, 0.2) is 0 Å². The Morgan fingerprint density at radius 1 is 1.05 bits per heavy atom. The number of hydrogen-bond donors (Lipinski definition) is 1. The standard InChI is InChI=1S/C19H28FNO3.C10H17NO3.CO2/c1-5-7-15-10-11-16(21(15)18(23)24-19(2,3)4)17(22)13-8-6-9-14(20)12-13;1-7-5-6-8(12)11(7)9(13)14-10(2,3)4;2-1-3/h6,8-9,12,15-17,22H,5,7,10-11H2,1-4H3;7H,5-6H2,1-4H3;/t15-,16+,17+;7-;/m00./s1. The topological polar surface area (TPSA) is 131 Å². The van der Waals surface area contributed by atoms with Gasteiger partial charge in [0.2, 0.25) is 5.91 Å². The van der Waals surface area contributed by atoms with E-state index in [0.717, 1.165) is 25.7 Å². The van der Waals surface area contributed by atoms with E-state index in [1.807, 2.05) is 27.7 Å². The Bertz CT molecular complexity index is 1060. The second-order valence-electron chi connectivity index (χ2n) is 12.2. The minimum absolute atomic E-state index is 0.0302. The number of likely N-dealkylation sites (tertiary alicyclic amines) is 2. The summed E-state index contributed by atoms with van der Waals surface area (Å²) in [6.45, 7) is 14.8. The predicted octanol–water partition coefficient (Wildman–Crippen LogP) is 5.78. The van der Waals surface area contributed by atoms with Gasteiger partial charge in [-0.3, -0.25) is 9.69 Å². The maximum atomic E-state index is 13.5. The molecule has 10 nitrogen and oxygen atoms in total. The lowest BCUT2D eigenvalue weighted by molar-refractivity contribution is -0.191. The summed E-state index contributed by atoms with van der Waals surface area (Å²) in [4.78, 5) is 54.7. The molecule has 2 aliphatic heterocycles. The Labute approximate surface area is 242 Å². The van der Waals surface area contributed by atoms with Gasteiger partial charge in [-0.05, 0) is 91.8 Å². The molecule has 41 heavy (non-hydrogen) atoms. The number of carbonyl (C=O) groups is 3. The summed E-state index contributed by atoms with van der Waals surface area (Å²) in [5, 5.41) is 10.7. The number of imide groups is 1. The van der Waals surface area contributed by atoms with Gasteiger partial charge in [0.05, 0.1) is 12.1 Å². The molecule has 3 amide bonds. The Morgan fingerprint density at radius 2 is 1.61 bits per heavy atom. The van der Waals surface area contributed by atoms with Gasteiger partial charge >= 0.3 is 18.3 Å². The first-order chi connectivity index (χ1) is 18.9. The van der Waals surface area contributed by atoms with Crippen LogP contribution in [-0.2, 0) is 23.9 Å². The lowest BCUT2D eigenvalue weighted by Gasteiger charge is -2.34. The second kappa shape index (κ2) is 15.6. The first kappa shape index (κ1) is 35.7. The van der Waals surface area contributed by atoms with E-state index in [1.165, 1.54) is 17.0 Å². The molecule has 2 fully saturated rings. The van der Waals surface area contributed by atoms with Gasteiger partial charge in [0.25, 0.3) is 0 Å². The number of amides is 3. The van der Waals surface area contributed by atoms with Crippen molar-refractivity contribution in [3.63, 3.8) is 0 Å². The van der Waals surface area contributed by atoms with Crippen molar-refractivity contribution in [2.75, 3.05) is 0 Å². The van der Waals surface area contributed by atoms with E-state index in [0.29, 0.717) is 18.4 Å². The molecule has 2 saturated heterocycles. The minimum Gasteiger partial charge on any atom is -0.444 e. The van der Waals surface area contributed by atoms with Crippen molar-refractivity contribution < 1.29 is 42.9 Å². The van der Waals surface area contributed by atoms with Crippen molar-refractivity contribution in [1.29, 1.82) is 0 Å². The summed E-state index contributed by atoms with van der Waals surface area (Å²) in [6.07, 6.45) is 2.91. The molecule has 0 aromatic heterocycles. The molecule has 0 unspecified atom stereocenters. The van der Waals surface area contributed by atoms with Crippen LogP contribution in [0.5, 0.6) is 0 Å². The van der Waals surface area contributed by atoms with E-state index in [4.69, 9.17) is 19.1 Å². The third kappa shape index (κ3) is 11.6. The van der Waals surface area contributed by atoms with E-state index < -0.39 is 41.4 Å². The average molecular weight is 581 g/mol. The predicted molar refractivity (Wildman–Crippen MR) is 148 cm³/mol. The zero-order chi connectivity index (χ0) is 31.5. The van der Waals surface area contributed by atoms with Crippen molar-refractivity contribution in [2.45, 2.75) is 129 Å². The third-order valence-electron chi connectivity index (χ3n) is 6.40. The van der Waals surface area contributed by atoms with Crippen LogP contribution in [0, 0.1) is 5.82 Å². The number of halogens is 1. The van der Waals surface area contributed by atoms with Crippen LogP contribution in [0.4, 0.5) is 14.0 Å². The van der Waals surface area contributed by atoms with Gasteiger partial charge in [-0.2, -0.15) is 9.59 Å². The quantitative estimate of drug-likeness (QED) is 0.475. The SMILES string of the molecule is CCC[C@H]1CC[C@H]([C@H](O)c2cccc(F)c2)N1C(=O)OC(C)(C)C.C[C@H]1CCC(=O)N1C(=O)OC(C)(C)C.O=C=O. The molecule has 0 saturated carbocycles. The number of benzene rings is 1. The van der Waals surface area contributed by atoms with Crippen LogP contribution in [0.1, 0.15) is 106 Å². The number of carbonyl (C=O) groups excluding carboxylic acids is 5. The first-order valence-corrected chi connectivity index (χ1v) is 13.9. The Kier molecular flexibility index (Phi) is 13.6. The van der Waals surface area contributed by atoms with E-state index in [9.17, 15) is 23.9 Å². The van der Waals surface area contributed by atoms with Crippen LogP contribution < -0.4 is 0 Å². The normalized spacial score (nSPS) is 21.1. The van der Waals surface area contributed by atoms with E-state index in [-0.39, 0.29) is 24.1 Å². The zero-order valence-corrected chi connectivity index (χ0v) is 25.4. The van der Waals surface area contributed by atoms with E-state index >= 15 is 0 Å². The lowest BCUT2D eigenvalue weighted by Crippen LogP contribution is -2.46. The highest BCUT2D eigenvalue weighted by Crippen LogP contribution is 2.36. The van der Waals surface area contributed by atoms with Crippen LogP contribution in [0.2, 0.25) is 0 Å². The van der Waals surface area contributed by atoms with Gasteiger partial charge in [0.1, 0.15) is 17.0 Å². The highest BCUT2D eigenvalue weighted by atomic mass is 19.1. The summed E-state index contributed by atoms with van der Waals surface area (Å²) in [5.74, 6) is -0.523. The van der Waals surface area contributed by atoms with Crippen LogP contribution >= 0.6 is 0 Å². The fourth-order valence-corrected chi connectivity index (χ4v) is 4.77. The van der Waals surface area contributed by atoms with Crippen molar-refractivity contribution >= 4 is 24.2 Å². The molecule has 1 aromatic rings. The molecular weight excluding hydrogens is 535 g/mol. The lowest BCUT2D eigenvalue weighted by atomic mass is 10.0. The van der Waals surface area contributed by atoms with Crippen molar-refractivity contribution in [2.24, 2.45) is 0 Å². The number of rotatable bonds is 4. The maximum absolute atomic E-state index is 13.5. The molecule has 1 aromatic carbocycles. The number of aliphatic hydroxyl groups is 1. The molecule has 2 aliphatic rings. The van der Waals surface area contributed by atoms with E-state index in [1.54, 1.807) is 37.8 Å². The maximum Gasteiger partial charge on any atom is 0.417 e. The van der Waals surface area contributed by atoms with Crippen molar-refractivity contribution in [1.82, 2.24) is 9.80 Å². The molecule has 0 aliphatic carbocycles. The van der Waals surface area contributed by atoms with Crippen LogP contribution in [-0.4, -0.2) is 68.5 Å². The zero-order valence-electron chi connectivity index (χ0n) is 25.4. The number of ether oxygens (including phenoxy) is 2. The number of nitrogens with zero attached hydrogens (tertiary/aromatic N) is 2. The van der Waals surface area contributed by atoms with Crippen LogP contribution in [0.15, 0.2) is 24.3 Å². The second-order valence-corrected chi connectivity index (χ2v) is 12.2. The Balaban J connectivity index is 0.000000419. The van der Waals surface area contributed by atoms with Gasteiger partial charge < -0.3 is 14.6 Å². The van der Waals surface area contributed by atoms with E-state index in [2.05, 4.69) is 6.92 Å². The fraction of sp³-hybridized carbons (Fsp3) is 0.667. The van der Waals surface area contributed by atoms with Gasteiger partial charge in [-0.15, -0.1) is 0 Å². The average Bonchev–Trinajstić information content (AvgIpc) is 3.40. The van der Waals surface area contributed by atoms with Crippen molar-refractivity contribution in [3.8, 4) is 0 Å². The summed E-state index contributed by atoms with van der Waals surface area (Å²) in [5.41, 5.74) is -0.643. The number of aliphatic hydroxyl groups excluding tert-OH is 1. The molecule has 0 spiro atoms. The van der Waals surface area contributed by atoms with Crippen LogP contribution in [0.3, 0.4) is 0 Å². The highest BCUT2D eigenvalue weighted by Gasteiger charge is 2.42. The first-order valence-electron chi connectivity index (χ1n) is 13.9. The number of hydrogen-bond acceptors (Lipinski definition) is 8. The minimum atomic E-state index is -0.921. The Morgan fingerprint density at radius 3 is 2.07 bits per heavy atom. The van der Waals surface area contributed by atoms with Crippen molar-refractivity contribution in [3.05, 3.63) is 35.6 Å². The molecule has 0 bridgehead atoms. The summed E-state index contributed by atoms with van der Waals surface area (Å²) < 4.78 is 24.1. The highest BCUT2D eigenvalue weighted by molar-refractivity contribution is 5.94. The van der Waals surface area contributed by atoms with Gasteiger partial charge in [0, 0.05) is 18.5 Å². The largest absolute Gasteiger partial charge is 0.444 e. The summed E-state index contributed by atoms with van der Waals surface area (Å²) >= 11 is 0. The molecule has 4 atom stereocenters. The molecule has 2 heterocycles. The fourth-order valence-electron chi connectivity index (χ4n) is 4.77. The molecule has 11 heteroatoms. The molecule has 0 radical (unpaired) electrons. The van der Waals surface area contributed by atoms with Crippen LogP contribution in [0.25, 0.3) is 0 Å². The van der Waals surface area contributed by atoms with Gasteiger partial charge in [-0.1, -0.05) is 25.5 Å². The molecule has 230 valence electrons. The van der Waals surface area contributed by atoms with Gasteiger partial charge in [-0.25, -0.2) is 18.9 Å². The smallest absolute Gasteiger partial charge is 0.417 e. The Hall–Kier alpha value is -3.30.